The molecule has 0 saturated carbocycles. The van der Waals surface area contributed by atoms with Gasteiger partial charge in [0.15, 0.2) is 0 Å². The molecule has 23 heavy (non-hydrogen) atoms. The number of benzene rings is 2. The second-order valence-corrected chi connectivity index (χ2v) is 6.15. The summed E-state index contributed by atoms with van der Waals surface area (Å²) in [4.78, 5) is 12.1. The van der Waals surface area contributed by atoms with Crippen LogP contribution in [0.5, 0.6) is 0 Å². The molecule has 1 atom stereocenters. The Labute approximate surface area is 140 Å². The van der Waals surface area contributed by atoms with Crippen molar-refractivity contribution >= 4 is 23.3 Å². The van der Waals surface area contributed by atoms with Crippen molar-refractivity contribution in [2.24, 2.45) is 0 Å². The van der Waals surface area contributed by atoms with Crippen LogP contribution in [0.15, 0.2) is 42.5 Å². The molecule has 2 aromatic rings. The number of urea groups is 1. The van der Waals surface area contributed by atoms with Crippen molar-refractivity contribution < 1.29 is 9.90 Å². The molecule has 3 N–H and O–H groups in total. The maximum absolute atomic E-state index is 12.1. The molecule has 0 spiro atoms. The maximum atomic E-state index is 12.1. The third-order valence-electron chi connectivity index (χ3n) is 4.11. The Morgan fingerprint density at radius 3 is 2.87 bits per heavy atom. The number of aliphatic hydroxyl groups excluding tert-OH is 1. The van der Waals surface area contributed by atoms with E-state index in [1.54, 1.807) is 6.07 Å². The Hall–Kier alpha value is -2.04. The number of amides is 2. The van der Waals surface area contributed by atoms with E-state index in [4.69, 9.17) is 11.6 Å². The summed E-state index contributed by atoms with van der Waals surface area (Å²) in [6.45, 7) is 0.364. The first kappa shape index (κ1) is 15.8. The normalized spacial score (nSPS) is 16.5. The van der Waals surface area contributed by atoms with Gasteiger partial charge in [-0.15, -0.1) is 0 Å². The van der Waals surface area contributed by atoms with Gasteiger partial charge in [-0.3, -0.25) is 0 Å². The molecule has 0 saturated heterocycles. The van der Waals surface area contributed by atoms with Gasteiger partial charge in [0, 0.05) is 23.7 Å². The van der Waals surface area contributed by atoms with E-state index < -0.39 is 0 Å². The highest BCUT2D eigenvalue weighted by atomic mass is 35.5. The summed E-state index contributed by atoms with van der Waals surface area (Å²) in [5, 5.41) is 16.2. The topological polar surface area (TPSA) is 61.4 Å². The van der Waals surface area contributed by atoms with E-state index in [2.05, 4.69) is 10.6 Å². The van der Waals surface area contributed by atoms with Crippen LogP contribution in [0.25, 0.3) is 0 Å². The smallest absolute Gasteiger partial charge is 0.319 e. The van der Waals surface area contributed by atoms with Gasteiger partial charge in [0.1, 0.15) is 0 Å². The molecular weight excluding hydrogens is 312 g/mol. The minimum atomic E-state index is -0.336. The highest BCUT2D eigenvalue weighted by Gasteiger charge is 2.19. The number of fused-ring (bicyclic) bond motifs is 1. The highest BCUT2D eigenvalue weighted by Crippen LogP contribution is 2.28. The second kappa shape index (κ2) is 7.02. The lowest BCUT2D eigenvalue weighted by Crippen LogP contribution is -2.29. The van der Waals surface area contributed by atoms with Crippen LogP contribution in [0.3, 0.4) is 0 Å². The molecule has 0 heterocycles. The molecule has 2 aromatic carbocycles. The van der Waals surface area contributed by atoms with Crippen molar-refractivity contribution in [1.29, 1.82) is 0 Å². The maximum Gasteiger partial charge on any atom is 0.319 e. The molecule has 0 bridgehead atoms. The summed E-state index contributed by atoms with van der Waals surface area (Å²) in [6.07, 6.45) is 1.86. The number of rotatable bonds is 3. The van der Waals surface area contributed by atoms with Gasteiger partial charge in [0.2, 0.25) is 0 Å². The van der Waals surface area contributed by atoms with Gasteiger partial charge < -0.3 is 15.7 Å². The van der Waals surface area contributed by atoms with Crippen LogP contribution in [0.1, 0.15) is 23.1 Å². The van der Waals surface area contributed by atoms with Gasteiger partial charge in [-0.25, -0.2) is 4.79 Å². The van der Waals surface area contributed by atoms with Crippen LogP contribution in [-0.2, 0) is 19.4 Å². The molecule has 0 aromatic heterocycles. The van der Waals surface area contributed by atoms with Crippen LogP contribution in [0.4, 0.5) is 10.5 Å². The predicted molar refractivity (Wildman–Crippen MR) is 91.8 cm³/mol. The summed E-state index contributed by atoms with van der Waals surface area (Å²) < 4.78 is 0. The molecule has 0 unspecified atom stereocenters. The molecule has 2 amide bonds. The van der Waals surface area contributed by atoms with Crippen molar-refractivity contribution in [1.82, 2.24) is 5.32 Å². The average molecular weight is 331 g/mol. The van der Waals surface area contributed by atoms with Crippen LogP contribution in [0.2, 0.25) is 5.02 Å². The average Bonchev–Trinajstić information content (AvgIpc) is 2.55. The lowest BCUT2D eigenvalue weighted by Gasteiger charge is -2.23. The zero-order chi connectivity index (χ0) is 16.2. The molecule has 0 aliphatic heterocycles. The van der Waals surface area contributed by atoms with Crippen LogP contribution in [0, 0.1) is 0 Å². The molecule has 1 aliphatic carbocycles. The largest absolute Gasteiger partial charge is 0.393 e. The fraction of sp³-hybridized carbons (Fsp3) is 0.278. The first-order chi connectivity index (χ1) is 11.1. The number of hydrogen-bond acceptors (Lipinski definition) is 2. The van der Waals surface area contributed by atoms with Crippen LogP contribution < -0.4 is 10.6 Å². The number of nitrogens with one attached hydrogen (secondary N) is 2. The molecule has 0 radical (unpaired) electrons. The summed E-state index contributed by atoms with van der Waals surface area (Å²) in [5.41, 5.74) is 3.85. The Bertz CT molecular complexity index is 718. The van der Waals surface area contributed by atoms with Crippen molar-refractivity contribution in [3.8, 4) is 0 Å². The van der Waals surface area contributed by atoms with E-state index >= 15 is 0 Å². The Morgan fingerprint density at radius 2 is 2.04 bits per heavy atom. The third kappa shape index (κ3) is 3.84. The molecule has 4 nitrogen and oxygen atoms in total. The highest BCUT2D eigenvalue weighted by molar-refractivity contribution is 6.31. The molecule has 5 heteroatoms. The van der Waals surface area contributed by atoms with E-state index in [0.29, 0.717) is 18.0 Å². The van der Waals surface area contributed by atoms with Gasteiger partial charge in [-0.05, 0) is 41.7 Å². The van der Waals surface area contributed by atoms with Crippen LogP contribution >= 0.6 is 11.6 Å². The van der Waals surface area contributed by atoms with Crippen LogP contribution in [-0.4, -0.2) is 17.2 Å². The lowest BCUT2D eigenvalue weighted by molar-refractivity contribution is 0.159. The molecule has 120 valence electrons. The summed E-state index contributed by atoms with van der Waals surface area (Å²) >= 11 is 6.08. The standard InChI is InChI=1S/C18H19ClN2O2/c19-16-6-2-1-4-13(16)11-20-18(23)21-17-7-3-5-12-8-9-14(22)10-15(12)17/h1-7,14,22H,8-11H2,(H2,20,21,23)/t14-/m0/s1. The molecule has 0 fully saturated rings. The van der Waals surface area contributed by atoms with Crippen molar-refractivity contribution in [2.75, 3.05) is 5.32 Å². The number of aliphatic hydroxyl groups is 1. The van der Waals surface area contributed by atoms with Crippen molar-refractivity contribution in [3.05, 3.63) is 64.2 Å². The first-order valence-corrected chi connectivity index (χ1v) is 8.08. The summed E-state index contributed by atoms with van der Waals surface area (Å²) in [6, 6.07) is 13.0. The lowest BCUT2D eigenvalue weighted by atomic mass is 9.88. The van der Waals surface area contributed by atoms with Gasteiger partial charge in [0.25, 0.3) is 0 Å². The predicted octanol–water partition coefficient (Wildman–Crippen LogP) is 3.51. The third-order valence-corrected chi connectivity index (χ3v) is 4.47. The second-order valence-electron chi connectivity index (χ2n) is 5.74. The number of hydrogen-bond donors (Lipinski definition) is 3. The van der Waals surface area contributed by atoms with Crippen molar-refractivity contribution in [3.63, 3.8) is 0 Å². The Balaban J connectivity index is 1.66. The minimum Gasteiger partial charge on any atom is -0.393 e. The summed E-state index contributed by atoms with van der Waals surface area (Å²) in [5.74, 6) is 0. The molecule has 3 rings (SSSR count). The summed E-state index contributed by atoms with van der Waals surface area (Å²) in [7, 11) is 0. The van der Waals surface area contributed by atoms with E-state index in [-0.39, 0.29) is 12.1 Å². The van der Waals surface area contributed by atoms with E-state index in [9.17, 15) is 9.90 Å². The van der Waals surface area contributed by atoms with Gasteiger partial charge in [-0.2, -0.15) is 0 Å². The fourth-order valence-electron chi connectivity index (χ4n) is 2.87. The number of anilines is 1. The Kier molecular flexibility index (Phi) is 4.84. The van der Waals surface area contributed by atoms with Gasteiger partial charge in [-0.1, -0.05) is 41.9 Å². The molecule has 1 aliphatic rings. The van der Waals surface area contributed by atoms with Gasteiger partial charge in [0.05, 0.1) is 6.10 Å². The quantitative estimate of drug-likeness (QED) is 0.806. The SMILES string of the molecule is O=C(NCc1ccccc1Cl)Nc1cccc2c1C[C@@H](O)CC2. The number of carbonyl (C=O) groups excluding carboxylic acids is 1. The number of halogens is 1. The number of aryl methyl sites for hydroxylation is 1. The van der Waals surface area contributed by atoms with Crippen molar-refractivity contribution in [2.45, 2.75) is 31.9 Å². The monoisotopic (exact) mass is 330 g/mol. The van der Waals surface area contributed by atoms with E-state index in [1.165, 1.54) is 5.56 Å². The van der Waals surface area contributed by atoms with E-state index in [1.807, 2.05) is 36.4 Å². The Morgan fingerprint density at radius 1 is 1.22 bits per heavy atom. The van der Waals surface area contributed by atoms with E-state index in [0.717, 1.165) is 29.7 Å². The zero-order valence-electron chi connectivity index (χ0n) is 12.7. The fourth-order valence-corrected chi connectivity index (χ4v) is 3.07. The van der Waals surface area contributed by atoms with Gasteiger partial charge >= 0.3 is 6.03 Å². The first-order valence-electron chi connectivity index (χ1n) is 7.70. The molecular formula is C18H19ClN2O2. The minimum absolute atomic E-state index is 0.279. The zero-order valence-corrected chi connectivity index (χ0v) is 13.4. The number of carbonyl (C=O) groups is 1.